The molecule has 0 spiro atoms. The third kappa shape index (κ3) is 3.76. The molecule has 0 N–H and O–H groups in total. The molecule has 0 radical (unpaired) electrons. The van der Waals surface area contributed by atoms with Gasteiger partial charge in [-0.1, -0.05) is 0 Å². The summed E-state index contributed by atoms with van der Waals surface area (Å²) in [6.07, 6.45) is 5.29. The van der Waals surface area contributed by atoms with Crippen molar-refractivity contribution < 1.29 is 42.5 Å². The van der Waals surface area contributed by atoms with Gasteiger partial charge in [0.2, 0.25) is 0 Å². The summed E-state index contributed by atoms with van der Waals surface area (Å²) in [5, 5.41) is 8.13. The molecule has 10 heteroatoms. The minimum atomic E-state index is -4.17. The second kappa shape index (κ2) is 6.98. The van der Waals surface area contributed by atoms with Gasteiger partial charge in [-0.2, -0.15) is 13.1 Å². The zero-order chi connectivity index (χ0) is 18.2. The summed E-state index contributed by atoms with van der Waals surface area (Å²) >= 11 is -0.803. The minimum absolute atomic E-state index is 0.267. The van der Waals surface area contributed by atoms with Gasteiger partial charge in [0, 0.05) is 0 Å². The summed E-state index contributed by atoms with van der Waals surface area (Å²) in [4.78, 5) is 23.3. The molecular formula is C15H19F2O7S-. The average Bonchev–Trinajstić information content (AvgIpc) is 2.55. The summed E-state index contributed by atoms with van der Waals surface area (Å²) in [5.41, 5.74) is -0.631. The summed E-state index contributed by atoms with van der Waals surface area (Å²) in [6.45, 7) is 0.971. The maximum atomic E-state index is 13.2. The molecule has 0 heterocycles. The van der Waals surface area contributed by atoms with Gasteiger partial charge in [0.1, 0.15) is 17.6 Å². The second-order valence-corrected chi connectivity index (χ2v) is 8.09. The number of carbonyl (C=O) groups excluding carboxylic acids is 2. The normalized spacial score (nSPS) is 36.3. The highest BCUT2D eigenvalue weighted by molar-refractivity contribution is 7.96. The van der Waals surface area contributed by atoms with Crippen LogP contribution in [-0.4, -0.2) is 29.4 Å². The van der Waals surface area contributed by atoms with Crippen molar-refractivity contribution in [3.63, 3.8) is 0 Å². The number of hydrogen-bond donors (Lipinski definition) is 0. The Hall–Kier alpha value is -0.970. The lowest BCUT2D eigenvalue weighted by Crippen LogP contribution is -2.58. The van der Waals surface area contributed by atoms with Crippen LogP contribution in [0.4, 0.5) is 8.78 Å². The van der Waals surface area contributed by atoms with Gasteiger partial charge < -0.3 is 14.7 Å². The van der Waals surface area contributed by atoms with E-state index in [0.29, 0.717) is 11.8 Å². The van der Waals surface area contributed by atoms with Gasteiger partial charge in [-0.15, -0.1) is 0 Å². The average molecular weight is 381 g/mol. The van der Waals surface area contributed by atoms with Crippen LogP contribution < -0.4 is 5.26 Å². The van der Waals surface area contributed by atoms with Crippen LogP contribution in [0.5, 0.6) is 0 Å². The van der Waals surface area contributed by atoms with Crippen LogP contribution in [0, 0.1) is 23.7 Å². The highest BCUT2D eigenvalue weighted by Gasteiger charge is 2.57. The third-order valence-electron chi connectivity index (χ3n) is 5.82. The fourth-order valence-corrected chi connectivity index (χ4v) is 5.10. The van der Waals surface area contributed by atoms with Crippen LogP contribution >= 0.6 is 12.0 Å². The molecule has 4 rings (SSSR count). The molecule has 4 fully saturated rings. The number of rotatable bonds is 7. The van der Waals surface area contributed by atoms with E-state index in [1.165, 1.54) is 6.42 Å². The van der Waals surface area contributed by atoms with E-state index >= 15 is 0 Å². The van der Waals surface area contributed by atoms with Crippen LogP contribution in [0.2, 0.25) is 0 Å². The van der Waals surface area contributed by atoms with E-state index in [-0.39, 0.29) is 11.8 Å². The first-order valence-electron chi connectivity index (χ1n) is 8.15. The van der Waals surface area contributed by atoms with Crippen molar-refractivity contribution in [3.8, 4) is 0 Å². The molecule has 0 aromatic rings. The molecule has 0 saturated heterocycles. The lowest BCUT2D eigenvalue weighted by molar-refractivity contribution is -0.777. The Morgan fingerprint density at radius 3 is 2.24 bits per heavy atom. The van der Waals surface area contributed by atoms with E-state index in [4.69, 9.17) is 4.74 Å². The number of esters is 2. The topological polar surface area (TPSA) is 94.1 Å². The zero-order valence-corrected chi connectivity index (χ0v) is 14.4. The van der Waals surface area contributed by atoms with Crippen LogP contribution in [0.3, 0.4) is 0 Å². The van der Waals surface area contributed by atoms with Crippen molar-refractivity contribution in [1.29, 1.82) is 0 Å². The van der Waals surface area contributed by atoms with Crippen LogP contribution in [-0.2, 0) is 28.4 Å². The van der Waals surface area contributed by atoms with Gasteiger partial charge in [0.25, 0.3) is 0 Å². The molecule has 4 aliphatic carbocycles. The van der Waals surface area contributed by atoms with Crippen molar-refractivity contribution in [2.24, 2.45) is 23.7 Å². The first kappa shape index (κ1) is 18.8. The van der Waals surface area contributed by atoms with E-state index in [0.717, 1.165) is 25.7 Å². The van der Waals surface area contributed by atoms with Crippen molar-refractivity contribution in [1.82, 2.24) is 0 Å². The van der Waals surface area contributed by atoms with Crippen molar-refractivity contribution in [2.75, 3.05) is 6.61 Å². The maximum absolute atomic E-state index is 13.2. The SMILES string of the molecule is CC1(OC(=O)COC(=O)C(F)(F)SOO[O-])C2CC3CC(C2)CC1C3. The lowest BCUT2D eigenvalue weighted by Gasteiger charge is -2.59. The minimum Gasteiger partial charge on any atom is -0.691 e. The molecule has 7 nitrogen and oxygen atoms in total. The first-order valence-corrected chi connectivity index (χ1v) is 8.90. The van der Waals surface area contributed by atoms with Gasteiger partial charge in [-0.05, 0) is 62.7 Å². The van der Waals surface area contributed by atoms with Crippen LogP contribution in [0.25, 0.3) is 0 Å². The Balaban J connectivity index is 1.52. The zero-order valence-electron chi connectivity index (χ0n) is 13.6. The molecule has 4 saturated carbocycles. The fraction of sp³-hybridized carbons (Fsp3) is 0.867. The van der Waals surface area contributed by atoms with Crippen LogP contribution in [0.15, 0.2) is 0 Å². The van der Waals surface area contributed by atoms with E-state index in [2.05, 4.69) is 14.1 Å². The van der Waals surface area contributed by atoms with Gasteiger partial charge in [0.15, 0.2) is 6.61 Å². The highest BCUT2D eigenvalue weighted by Crippen LogP contribution is 2.59. The smallest absolute Gasteiger partial charge is 0.415 e. The van der Waals surface area contributed by atoms with Crippen molar-refractivity contribution >= 4 is 24.0 Å². The Bertz CT molecular complexity index is 514. The number of ether oxygens (including phenoxy) is 2. The van der Waals surface area contributed by atoms with Crippen LogP contribution in [0.1, 0.15) is 39.0 Å². The quantitative estimate of drug-likeness (QED) is 0.285. The largest absolute Gasteiger partial charge is 0.691 e. The monoisotopic (exact) mass is 381 g/mol. The molecule has 0 unspecified atom stereocenters. The molecule has 0 aromatic carbocycles. The summed E-state index contributed by atoms with van der Waals surface area (Å²) in [7, 11) is 0. The van der Waals surface area contributed by atoms with E-state index in [1.807, 2.05) is 6.92 Å². The molecule has 0 aliphatic heterocycles. The molecule has 0 aromatic heterocycles. The van der Waals surface area contributed by atoms with E-state index in [9.17, 15) is 23.6 Å². The number of alkyl halides is 2. The molecule has 0 atom stereocenters. The maximum Gasteiger partial charge on any atom is 0.415 e. The Morgan fingerprint density at radius 2 is 1.72 bits per heavy atom. The number of hydrogen-bond acceptors (Lipinski definition) is 8. The predicted molar refractivity (Wildman–Crippen MR) is 77.2 cm³/mol. The molecule has 0 amide bonds. The van der Waals surface area contributed by atoms with E-state index < -0.39 is 41.4 Å². The Kier molecular flexibility index (Phi) is 5.25. The standard InChI is InChI=1S/C15H20F2O7S/c1-14(10-3-8-2-9(5-10)6-11(14)4-8)22-12(18)7-21-13(19)15(16,17)25-24-23-20/h8-11,20H,2-7H2,1H3/p-1. The number of carbonyl (C=O) groups is 2. The van der Waals surface area contributed by atoms with Gasteiger partial charge in [-0.25, -0.2) is 9.59 Å². The highest BCUT2D eigenvalue weighted by atomic mass is 32.2. The van der Waals surface area contributed by atoms with E-state index in [1.54, 1.807) is 0 Å². The molecule has 4 bridgehead atoms. The Labute approximate surface area is 147 Å². The summed E-state index contributed by atoms with van der Waals surface area (Å²) in [5.74, 6) is -0.963. The number of halogens is 2. The third-order valence-corrected chi connectivity index (χ3v) is 6.32. The molecule has 142 valence electrons. The predicted octanol–water partition coefficient (Wildman–Crippen LogP) is 1.75. The molecule has 25 heavy (non-hydrogen) atoms. The van der Waals surface area contributed by atoms with Crippen molar-refractivity contribution in [3.05, 3.63) is 0 Å². The fourth-order valence-electron chi connectivity index (χ4n) is 4.86. The second-order valence-electron chi connectivity index (χ2n) is 7.27. The van der Waals surface area contributed by atoms with Crippen molar-refractivity contribution in [2.45, 2.75) is 49.9 Å². The first-order chi connectivity index (χ1) is 11.7. The van der Waals surface area contributed by atoms with Gasteiger partial charge >= 0.3 is 17.2 Å². The van der Waals surface area contributed by atoms with Gasteiger partial charge in [0.05, 0.1) is 0 Å². The summed E-state index contributed by atoms with van der Waals surface area (Å²) < 4.78 is 39.7. The Morgan fingerprint density at radius 1 is 1.16 bits per heavy atom. The molecular weight excluding hydrogens is 362 g/mol. The van der Waals surface area contributed by atoms with Gasteiger partial charge in [-0.3, -0.25) is 5.04 Å². The lowest BCUT2D eigenvalue weighted by atomic mass is 9.50. The summed E-state index contributed by atoms with van der Waals surface area (Å²) in [6, 6.07) is 0. The molecule has 4 aliphatic rings.